The Labute approximate surface area is 112 Å². The van der Waals surface area contributed by atoms with Crippen LogP contribution in [-0.4, -0.2) is 18.8 Å². The first kappa shape index (κ1) is 14.3. The lowest BCUT2D eigenvalue weighted by atomic mass is 9.73. The van der Waals surface area contributed by atoms with Crippen molar-refractivity contribution >= 4 is 0 Å². The van der Waals surface area contributed by atoms with Gasteiger partial charge in [0, 0.05) is 18.6 Å². The van der Waals surface area contributed by atoms with Gasteiger partial charge in [-0.25, -0.2) is 0 Å². The second-order valence-electron chi connectivity index (χ2n) is 6.15. The lowest BCUT2D eigenvalue weighted by Crippen LogP contribution is -2.49. The molecule has 1 saturated carbocycles. The molecule has 1 saturated heterocycles. The van der Waals surface area contributed by atoms with Crippen LogP contribution >= 0.6 is 0 Å². The van der Waals surface area contributed by atoms with Gasteiger partial charge in [0.05, 0.1) is 6.10 Å². The summed E-state index contributed by atoms with van der Waals surface area (Å²) in [5, 5.41) is 0. The van der Waals surface area contributed by atoms with Gasteiger partial charge in [-0.3, -0.25) is 11.3 Å². The Balaban J connectivity index is 1.92. The molecule has 3 heteroatoms. The van der Waals surface area contributed by atoms with Crippen LogP contribution in [0.1, 0.15) is 58.8 Å². The highest BCUT2D eigenvalue weighted by atomic mass is 16.5. The van der Waals surface area contributed by atoms with E-state index in [9.17, 15) is 0 Å². The molecule has 0 spiro atoms. The molecular weight excluding hydrogens is 224 g/mol. The zero-order valence-electron chi connectivity index (χ0n) is 12.0. The molecule has 0 amide bonds. The van der Waals surface area contributed by atoms with Crippen LogP contribution in [0.3, 0.4) is 0 Å². The molecule has 2 rings (SSSR count). The molecule has 1 heterocycles. The van der Waals surface area contributed by atoms with Gasteiger partial charge in [-0.1, -0.05) is 33.1 Å². The third kappa shape index (κ3) is 3.06. The molecule has 1 aliphatic carbocycles. The minimum absolute atomic E-state index is 0.426. The van der Waals surface area contributed by atoms with Crippen molar-refractivity contribution < 1.29 is 4.74 Å². The Morgan fingerprint density at radius 3 is 2.39 bits per heavy atom. The minimum atomic E-state index is 0.426. The van der Waals surface area contributed by atoms with E-state index in [4.69, 9.17) is 10.6 Å². The molecule has 3 nitrogen and oxygen atoms in total. The van der Waals surface area contributed by atoms with Crippen LogP contribution in [0.4, 0.5) is 0 Å². The molecule has 0 bridgehead atoms. The number of ether oxygens (including phenoxy) is 1. The van der Waals surface area contributed by atoms with Gasteiger partial charge in [0.2, 0.25) is 0 Å². The summed E-state index contributed by atoms with van der Waals surface area (Å²) in [7, 11) is 0. The van der Waals surface area contributed by atoms with E-state index < -0.39 is 0 Å². The van der Waals surface area contributed by atoms with Gasteiger partial charge in [-0.15, -0.1) is 0 Å². The summed E-state index contributed by atoms with van der Waals surface area (Å²) in [6.45, 7) is 5.47. The van der Waals surface area contributed by atoms with Gasteiger partial charge in [-0.2, -0.15) is 0 Å². The molecule has 0 radical (unpaired) electrons. The molecule has 18 heavy (non-hydrogen) atoms. The molecule has 0 aromatic carbocycles. The van der Waals surface area contributed by atoms with E-state index in [1.165, 1.54) is 38.5 Å². The molecule has 3 N–H and O–H groups in total. The van der Waals surface area contributed by atoms with E-state index in [-0.39, 0.29) is 0 Å². The fourth-order valence-corrected chi connectivity index (χ4v) is 4.06. The number of nitrogens with two attached hydrogens (primary N) is 1. The van der Waals surface area contributed by atoms with E-state index in [2.05, 4.69) is 19.3 Å². The molecule has 2 fully saturated rings. The number of rotatable bonds is 5. The van der Waals surface area contributed by atoms with Crippen molar-refractivity contribution in [2.45, 2.75) is 70.9 Å². The molecule has 2 aliphatic rings. The van der Waals surface area contributed by atoms with Gasteiger partial charge in [0.1, 0.15) is 0 Å². The number of hydrazine groups is 1. The van der Waals surface area contributed by atoms with Crippen LogP contribution in [0.5, 0.6) is 0 Å². The van der Waals surface area contributed by atoms with E-state index >= 15 is 0 Å². The highest BCUT2D eigenvalue weighted by Gasteiger charge is 2.38. The summed E-state index contributed by atoms with van der Waals surface area (Å²) in [5.41, 5.74) is 3.13. The van der Waals surface area contributed by atoms with Gasteiger partial charge < -0.3 is 4.74 Å². The van der Waals surface area contributed by atoms with Crippen molar-refractivity contribution in [3.8, 4) is 0 Å². The standard InChI is InChI=1S/C15H30N2O/c1-3-11-5-7-12(8-6-11)15(17-16)13-9-10-18-14(13)4-2/h11-15,17H,3-10,16H2,1-2H3. The van der Waals surface area contributed by atoms with Crippen LogP contribution in [-0.2, 0) is 4.74 Å². The van der Waals surface area contributed by atoms with Crippen molar-refractivity contribution in [1.29, 1.82) is 0 Å². The lowest BCUT2D eigenvalue weighted by molar-refractivity contribution is 0.0624. The van der Waals surface area contributed by atoms with Crippen LogP contribution in [0.15, 0.2) is 0 Å². The Hall–Kier alpha value is -0.120. The number of nitrogens with one attached hydrogen (secondary N) is 1. The number of hydrogen-bond donors (Lipinski definition) is 2. The Bertz CT molecular complexity index is 239. The molecular formula is C15H30N2O. The van der Waals surface area contributed by atoms with Crippen molar-refractivity contribution in [1.82, 2.24) is 5.43 Å². The molecule has 3 unspecified atom stereocenters. The summed E-state index contributed by atoms with van der Waals surface area (Å²) in [4.78, 5) is 0. The first-order valence-corrected chi connectivity index (χ1v) is 7.87. The van der Waals surface area contributed by atoms with E-state index in [1.807, 2.05) is 0 Å². The second kappa shape index (κ2) is 6.88. The maximum Gasteiger partial charge on any atom is 0.0617 e. The zero-order chi connectivity index (χ0) is 13.0. The Morgan fingerprint density at radius 1 is 1.11 bits per heavy atom. The van der Waals surface area contributed by atoms with E-state index in [0.717, 1.165) is 24.9 Å². The van der Waals surface area contributed by atoms with E-state index in [0.29, 0.717) is 18.1 Å². The SMILES string of the molecule is CCC1CCC(C(NN)C2CCOC2CC)CC1. The second-order valence-corrected chi connectivity index (χ2v) is 6.15. The highest BCUT2D eigenvalue weighted by molar-refractivity contribution is 4.90. The molecule has 106 valence electrons. The molecule has 3 atom stereocenters. The summed E-state index contributed by atoms with van der Waals surface area (Å²) in [5.74, 6) is 8.21. The maximum atomic E-state index is 5.86. The zero-order valence-corrected chi connectivity index (χ0v) is 12.0. The monoisotopic (exact) mass is 254 g/mol. The normalized spacial score (nSPS) is 38.8. The fraction of sp³-hybridized carbons (Fsp3) is 1.00. The third-order valence-corrected chi connectivity index (χ3v) is 5.29. The molecule has 0 aromatic heterocycles. The largest absolute Gasteiger partial charge is 0.378 e. The Morgan fingerprint density at radius 2 is 1.83 bits per heavy atom. The molecule has 1 aliphatic heterocycles. The smallest absolute Gasteiger partial charge is 0.0617 e. The summed E-state index contributed by atoms with van der Waals surface area (Å²) < 4.78 is 5.84. The summed E-state index contributed by atoms with van der Waals surface area (Å²) >= 11 is 0. The fourth-order valence-electron chi connectivity index (χ4n) is 4.06. The maximum absolute atomic E-state index is 5.86. The average molecular weight is 254 g/mol. The first-order valence-electron chi connectivity index (χ1n) is 7.87. The van der Waals surface area contributed by atoms with Gasteiger partial charge in [0.25, 0.3) is 0 Å². The van der Waals surface area contributed by atoms with Crippen molar-refractivity contribution in [3.63, 3.8) is 0 Å². The molecule has 0 aromatic rings. The number of hydrogen-bond acceptors (Lipinski definition) is 3. The Kier molecular flexibility index (Phi) is 5.46. The lowest BCUT2D eigenvalue weighted by Gasteiger charge is -2.37. The van der Waals surface area contributed by atoms with Crippen molar-refractivity contribution in [3.05, 3.63) is 0 Å². The van der Waals surface area contributed by atoms with Crippen molar-refractivity contribution in [2.24, 2.45) is 23.6 Å². The topological polar surface area (TPSA) is 47.3 Å². The minimum Gasteiger partial charge on any atom is -0.378 e. The van der Waals surface area contributed by atoms with Crippen LogP contribution in [0.2, 0.25) is 0 Å². The highest BCUT2D eigenvalue weighted by Crippen LogP contribution is 2.38. The van der Waals surface area contributed by atoms with Crippen molar-refractivity contribution in [2.75, 3.05) is 6.61 Å². The summed E-state index contributed by atoms with van der Waals surface area (Å²) in [6.07, 6.45) is 9.55. The van der Waals surface area contributed by atoms with Gasteiger partial charge in [-0.05, 0) is 37.5 Å². The van der Waals surface area contributed by atoms with Crippen LogP contribution in [0, 0.1) is 17.8 Å². The van der Waals surface area contributed by atoms with Gasteiger partial charge in [0.15, 0.2) is 0 Å². The van der Waals surface area contributed by atoms with Crippen LogP contribution in [0.25, 0.3) is 0 Å². The average Bonchev–Trinajstić information content (AvgIpc) is 2.89. The predicted molar refractivity (Wildman–Crippen MR) is 75.0 cm³/mol. The first-order chi connectivity index (χ1) is 8.80. The van der Waals surface area contributed by atoms with E-state index in [1.54, 1.807) is 0 Å². The predicted octanol–water partition coefficient (Wildman–Crippen LogP) is 2.85. The quantitative estimate of drug-likeness (QED) is 0.586. The third-order valence-electron chi connectivity index (χ3n) is 5.29. The van der Waals surface area contributed by atoms with Gasteiger partial charge >= 0.3 is 0 Å². The van der Waals surface area contributed by atoms with Crippen LogP contribution < -0.4 is 11.3 Å². The summed E-state index contributed by atoms with van der Waals surface area (Å²) in [6, 6.07) is 0.468.